The van der Waals surface area contributed by atoms with Crippen molar-refractivity contribution in [2.45, 2.75) is 25.2 Å². The first-order chi connectivity index (χ1) is 11.7. The number of amides is 2. The zero-order chi connectivity index (χ0) is 17.0. The second-order valence-electron chi connectivity index (χ2n) is 6.25. The van der Waals surface area contributed by atoms with Gasteiger partial charge in [-0.2, -0.15) is 0 Å². The Hall–Kier alpha value is -2.49. The van der Waals surface area contributed by atoms with Crippen molar-refractivity contribution in [3.63, 3.8) is 0 Å². The molecule has 1 N–H and O–H groups in total. The molecule has 4 heteroatoms. The average molecular weight is 324 g/mol. The molecule has 2 aromatic carbocycles. The van der Waals surface area contributed by atoms with Crippen molar-refractivity contribution in [2.75, 3.05) is 25.1 Å². The van der Waals surface area contributed by atoms with Crippen LogP contribution >= 0.6 is 0 Å². The van der Waals surface area contributed by atoms with E-state index in [1.807, 2.05) is 49.4 Å². The quantitative estimate of drug-likeness (QED) is 0.874. The number of carbonyl (C=O) groups excluding carboxylic acids is 1. The summed E-state index contributed by atoms with van der Waals surface area (Å²) in [4.78, 5) is 14.3. The molecule has 4 nitrogen and oxygen atoms in total. The molecule has 0 heterocycles. The molecule has 0 unspecified atom stereocenters. The highest BCUT2D eigenvalue weighted by molar-refractivity contribution is 5.91. The van der Waals surface area contributed by atoms with Crippen molar-refractivity contribution in [3.05, 3.63) is 60.2 Å². The van der Waals surface area contributed by atoms with E-state index in [0.29, 0.717) is 13.1 Å². The van der Waals surface area contributed by atoms with E-state index in [1.165, 1.54) is 5.56 Å². The fourth-order valence-electron chi connectivity index (χ4n) is 3.05. The van der Waals surface area contributed by atoms with Crippen LogP contribution in [0, 0.1) is 0 Å². The lowest BCUT2D eigenvalue weighted by atomic mass is 9.96. The highest BCUT2D eigenvalue weighted by atomic mass is 16.5. The molecular weight excluding hydrogens is 300 g/mol. The number of anilines is 1. The van der Waals surface area contributed by atoms with Crippen LogP contribution in [0.1, 0.15) is 25.3 Å². The van der Waals surface area contributed by atoms with Crippen LogP contribution in [0.15, 0.2) is 54.6 Å². The van der Waals surface area contributed by atoms with Crippen LogP contribution in [0.2, 0.25) is 0 Å². The Bertz CT molecular complexity index is 679. The maximum absolute atomic E-state index is 12.6. The van der Waals surface area contributed by atoms with E-state index in [0.717, 1.165) is 24.3 Å². The van der Waals surface area contributed by atoms with Gasteiger partial charge in [0.15, 0.2) is 0 Å². The number of ether oxygens (including phenoxy) is 1. The SMILES string of the molecule is CCN(C(=O)NCC1(c2ccc(OC)cc2)CC1)c1ccccc1. The summed E-state index contributed by atoms with van der Waals surface area (Å²) >= 11 is 0. The summed E-state index contributed by atoms with van der Waals surface area (Å²) in [6, 6.07) is 17.9. The van der Waals surface area contributed by atoms with Crippen LogP contribution in [-0.4, -0.2) is 26.2 Å². The standard InChI is InChI=1S/C20H24N2O2/c1-3-22(17-7-5-4-6-8-17)19(23)21-15-20(13-14-20)16-9-11-18(24-2)12-10-16/h4-12H,3,13-15H2,1-2H3,(H,21,23). The maximum Gasteiger partial charge on any atom is 0.321 e. The highest BCUT2D eigenvalue weighted by Gasteiger charge is 2.44. The Morgan fingerprint density at radius 1 is 1.12 bits per heavy atom. The molecule has 24 heavy (non-hydrogen) atoms. The second kappa shape index (κ2) is 6.95. The van der Waals surface area contributed by atoms with Crippen LogP contribution < -0.4 is 15.0 Å². The molecule has 2 aromatic rings. The predicted molar refractivity (Wildman–Crippen MR) is 96.8 cm³/mol. The van der Waals surface area contributed by atoms with Crippen LogP contribution in [0.5, 0.6) is 5.75 Å². The Morgan fingerprint density at radius 3 is 2.33 bits per heavy atom. The number of hydrogen-bond acceptors (Lipinski definition) is 2. The Kier molecular flexibility index (Phi) is 4.74. The van der Waals surface area contributed by atoms with Gasteiger partial charge in [-0.05, 0) is 49.6 Å². The van der Waals surface area contributed by atoms with Crippen molar-refractivity contribution in [3.8, 4) is 5.75 Å². The lowest BCUT2D eigenvalue weighted by molar-refractivity contribution is 0.245. The van der Waals surface area contributed by atoms with Crippen LogP contribution in [0.25, 0.3) is 0 Å². The fraction of sp³-hybridized carbons (Fsp3) is 0.350. The summed E-state index contributed by atoms with van der Waals surface area (Å²) in [6.07, 6.45) is 2.22. The van der Waals surface area contributed by atoms with Gasteiger partial charge < -0.3 is 10.1 Å². The third kappa shape index (κ3) is 3.37. The van der Waals surface area contributed by atoms with Gasteiger partial charge in [-0.3, -0.25) is 4.90 Å². The van der Waals surface area contributed by atoms with E-state index in [9.17, 15) is 4.79 Å². The van der Waals surface area contributed by atoms with Crippen molar-refractivity contribution in [2.24, 2.45) is 0 Å². The number of benzene rings is 2. The molecule has 0 aromatic heterocycles. The minimum Gasteiger partial charge on any atom is -0.497 e. The van der Waals surface area contributed by atoms with Crippen molar-refractivity contribution in [1.29, 1.82) is 0 Å². The molecule has 2 amide bonds. The van der Waals surface area contributed by atoms with Gasteiger partial charge in [-0.1, -0.05) is 30.3 Å². The first kappa shape index (κ1) is 16.4. The first-order valence-corrected chi connectivity index (χ1v) is 8.43. The normalized spacial score (nSPS) is 14.8. The second-order valence-corrected chi connectivity index (χ2v) is 6.25. The molecule has 126 valence electrons. The van der Waals surface area contributed by atoms with Gasteiger partial charge in [-0.25, -0.2) is 4.79 Å². The van der Waals surface area contributed by atoms with Gasteiger partial charge in [0, 0.05) is 24.2 Å². The highest BCUT2D eigenvalue weighted by Crippen LogP contribution is 2.47. The summed E-state index contributed by atoms with van der Waals surface area (Å²) in [7, 11) is 1.67. The molecule has 3 rings (SSSR count). The van der Waals surface area contributed by atoms with E-state index in [1.54, 1.807) is 12.0 Å². The maximum atomic E-state index is 12.6. The minimum absolute atomic E-state index is 0.0384. The van der Waals surface area contributed by atoms with Crippen molar-refractivity contribution in [1.82, 2.24) is 5.32 Å². The first-order valence-electron chi connectivity index (χ1n) is 8.43. The third-order valence-corrected chi connectivity index (χ3v) is 4.76. The molecule has 0 atom stereocenters. The summed E-state index contributed by atoms with van der Waals surface area (Å²) in [6.45, 7) is 3.30. The number of para-hydroxylation sites is 1. The molecule has 0 saturated heterocycles. The molecule has 0 bridgehead atoms. The van der Waals surface area contributed by atoms with E-state index >= 15 is 0 Å². The van der Waals surface area contributed by atoms with Gasteiger partial charge in [-0.15, -0.1) is 0 Å². The van der Waals surface area contributed by atoms with Crippen LogP contribution in [0.4, 0.5) is 10.5 Å². The minimum atomic E-state index is -0.0384. The van der Waals surface area contributed by atoms with Crippen LogP contribution in [0.3, 0.4) is 0 Å². The van der Waals surface area contributed by atoms with Gasteiger partial charge in [0.2, 0.25) is 0 Å². The Morgan fingerprint density at radius 2 is 1.79 bits per heavy atom. The zero-order valence-electron chi connectivity index (χ0n) is 14.3. The lowest BCUT2D eigenvalue weighted by Gasteiger charge is -2.24. The van der Waals surface area contributed by atoms with E-state index in [-0.39, 0.29) is 11.4 Å². The third-order valence-electron chi connectivity index (χ3n) is 4.76. The van der Waals surface area contributed by atoms with E-state index < -0.39 is 0 Å². The number of methoxy groups -OCH3 is 1. The Balaban J connectivity index is 1.64. The number of rotatable bonds is 6. The molecule has 0 radical (unpaired) electrons. The van der Waals surface area contributed by atoms with E-state index in [4.69, 9.17) is 4.74 Å². The molecule has 1 fully saturated rings. The number of urea groups is 1. The summed E-state index contributed by atoms with van der Waals surface area (Å²) in [5.74, 6) is 0.861. The van der Waals surface area contributed by atoms with Crippen molar-refractivity contribution < 1.29 is 9.53 Å². The van der Waals surface area contributed by atoms with Gasteiger partial charge in [0.05, 0.1) is 7.11 Å². The molecule has 1 aliphatic carbocycles. The van der Waals surface area contributed by atoms with Gasteiger partial charge in [0.1, 0.15) is 5.75 Å². The number of carbonyl (C=O) groups is 1. The monoisotopic (exact) mass is 324 g/mol. The van der Waals surface area contributed by atoms with Gasteiger partial charge in [0.25, 0.3) is 0 Å². The van der Waals surface area contributed by atoms with Crippen LogP contribution in [-0.2, 0) is 5.41 Å². The fourth-order valence-corrected chi connectivity index (χ4v) is 3.05. The smallest absolute Gasteiger partial charge is 0.321 e. The number of hydrogen-bond donors (Lipinski definition) is 1. The molecular formula is C20H24N2O2. The summed E-state index contributed by atoms with van der Waals surface area (Å²) in [5, 5.41) is 3.12. The molecule has 1 saturated carbocycles. The molecule has 1 aliphatic rings. The molecule has 0 aliphatic heterocycles. The summed E-state index contributed by atoms with van der Waals surface area (Å²) in [5.41, 5.74) is 2.27. The summed E-state index contributed by atoms with van der Waals surface area (Å²) < 4.78 is 5.22. The number of nitrogens with one attached hydrogen (secondary N) is 1. The topological polar surface area (TPSA) is 41.6 Å². The van der Waals surface area contributed by atoms with Crippen molar-refractivity contribution >= 4 is 11.7 Å². The largest absolute Gasteiger partial charge is 0.497 e. The zero-order valence-corrected chi connectivity index (χ0v) is 14.3. The lowest BCUT2D eigenvalue weighted by Crippen LogP contribution is -2.43. The number of nitrogens with zero attached hydrogens (tertiary/aromatic N) is 1. The van der Waals surface area contributed by atoms with Gasteiger partial charge >= 0.3 is 6.03 Å². The predicted octanol–water partition coefficient (Wildman–Crippen LogP) is 3.96. The Labute approximate surface area is 143 Å². The average Bonchev–Trinajstić information content (AvgIpc) is 3.43. The van der Waals surface area contributed by atoms with E-state index in [2.05, 4.69) is 17.4 Å². The molecule has 0 spiro atoms.